The normalized spacial score (nSPS) is 29.4. The molecule has 0 bridgehead atoms. The Morgan fingerprint density at radius 2 is 1.42 bits per heavy atom. The van der Waals surface area contributed by atoms with Gasteiger partial charge >= 0.3 is 0 Å². The van der Waals surface area contributed by atoms with Crippen molar-refractivity contribution in [2.45, 2.75) is 29.8 Å². The summed E-state index contributed by atoms with van der Waals surface area (Å²) in [4.78, 5) is 13.6. The Kier molecular flexibility index (Phi) is 3.22. The molecule has 1 fully saturated rings. The smallest absolute Gasteiger partial charge is 0.177 e. The van der Waals surface area contributed by atoms with Crippen LogP contribution in [0.5, 0.6) is 0 Å². The van der Waals surface area contributed by atoms with Crippen molar-refractivity contribution in [2.24, 2.45) is 0 Å². The predicted octanol–water partition coefficient (Wildman–Crippen LogP) is 4.59. The number of benzene rings is 3. The fourth-order valence-corrected chi connectivity index (χ4v) is 5.32. The van der Waals surface area contributed by atoms with E-state index in [-0.39, 0.29) is 11.7 Å². The van der Waals surface area contributed by atoms with Gasteiger partial charge in [0.2, 0.25) is 0 Å². The molecule has 2 aliphatic rings. The van der Waals surface area contributed by atoms with Crippen LogP contribution in [0, 0.1) is 0 Å². The number of carbonyl (C=O) groups excluding carboxylic acids is 1. The van der Waals surface area contributed by atoms with Gasteiger partial charge in [0, 0.05) is 11.5 Å². The molecule has 1 saturated carbocycles. The molecule has 5 rings (SSSR count). The van der Waals surface area contributed by atoms with E-state index in [2.05, 4.69) is 12.1 Å². The minimum Gasteiger partial charge on any atom is -0.383 e. The molecule has 128 valence electrons. The van der Waals surface area contributed by atoms with Crippen LogP contribution >= 0.6 is 0 Å². The lowest BCUT2D eigenvalue weighted by atomic mass is 9.66. The molecule has 0 aromatic heterocycles. The van der Waals surface area contributed by atoms with Crippen molar-refractivity contribution >= 4 is 5.78 Å². The van der Waals surface area contributed by atoms with E-state index in [0.717, 1.165) is 23.1 Å². The molecule has 2 aliphatic carbocycles. The number of hydrogen-bond donors (Lipinski definition) is 1. The highest BCUT2D eigenvalue weighted by Crippen LogP contribution is 2.65. The number of hydrogen-bond acceptors (Lipinski definition) is 2. The first-order chi connectivity index (χ1) is 12.7. The van der Waals surface area contributed by atoms with Crippen LogP contribution in [0.4, 0.5) is 0 Å². The number of carbonyl (C=O) groups is 1. The first kappa shape index (κ1) is 15.5. The third-order valence-corrected chi connectivity index (χ3v) is 6.40. The Labute approximate surface area is 153 Å². The number of ketones is 1. The molecule has 3 aromatic carbocycles. The van der Waals surface area contributed by atoms with Crippen molar-refractivity contribution in [3.63, 3.8) is 0 Å². The zero-order valence-corrected chi connectivity index (χ0v) is 14.4. The van der Waals surface area contributed by atoms with Crippen LogP contribution in [0.3, 0.4) is 0 Å². The van der Waals surface area contributed by atoms with Crippen LogP contribution in [0.1, 0.15) is 45.8 Å². The number of Topliss-reactive ketones (excluding diaryl/α,β-unsaturated/α-hetero) is 1. The Hall–Kier alpha value is -2.71. The van der Waals surface area contributed by atoms with Crippen molar-refractivity contribution in [3.8, 4) is 0 Å². The van der Waals surface area contributed by atoms with E-state index in [9.17, 15) is 9.90 Å². The van der Waals surface area contributed by atoms with Crippen LogP contribution in [0.15, 0.2) is 84.9 Å². The quantitative estimate of drug-likeness (QED) is 0.741. The van der Waals surface area contributed by atoms with Crippen LogP contribution in [-0.2, 0) is 11.0 Å². The van der Waals surface area contributed by atoms with Gasteiger partial charge < -0.3 is 5.11 Å². The summed E-state index contributed by atoms with van der Waals surface area (Å²) in [5, 5.41) is 12.2. The van der Waals surface area contributed by atoms with E-state index in [0.29, 0.717) is 12.0 Å². The molecule has 0 radical (unpaired) electrons. The minimum absolute atomic E-state index is 0.0558. The van der Waals surface area contributed by atoms with E-state index in [1.54, 1.807) is 0 Å². The maximum Gasteiger partial charge on any atom is 0.177 e. The monoisotopic (exact) mass is 340 g/mol. The van der Waals surface area contributed by atoms with E-state index in [4.69, 9.17) is 0 Å². The Balaban J connectivity index is 1.81. The van der Waals surface area contributed by atoms with Gasteiger partial charge in [-0.2, -0.15) is 0 Å². The van der Waals surface area contributed by atoms with E-state index >= 15 is 0 Å². The van der Waals surface area contributed by atoms with Gasteiger partial charge in [-0.25, -0.2) is 0 Å². The van der Waals surface area contributed by atoms with Crippen LogP contribution in [-0.4, -0.2) is 10.9 Å². The minimum atomic E-state index is -1.22. The van der Waals surface area contributed by atoms with Crippen LogP contribution < -0.4 is 0 Å². The molecule has 1 N–H and O–H groups in total. The van der Waals surface area contributed by atoms with Gasteiger partial charge in [-0.15, -0.1) is 0 Å². The molecule has 26 heavy (non-hydrogen) atoms. The Morgan fingerprint density at radius 1 is 0.808 bits per heavy atom. The van der Waals surface area contributed by atoms with Gasteiger partial charge in [0.05, 0.1) is 5.41 Å². The summed E-state index contributed by atoms with van der Waals surface area (Å²) < 4.78 is 0. The second-order valence-corrected chi connectivity index (χ2v) is 7.41. The maximum absolute atomic E-state index is 13.6. The first-order valence-corrected chi connectivity index (χ1v) is 9.17. The highest BCUT2D eigenvalue weighted by Gasteiger charge is 2.69. The topological polar surface area (TPSA) is 37.3 Å². The van der Waals surface area contributed by atoms with E-state index in [1.807, 2.05) is 72.8 Å². The summed E-state index contributed by atoms with van der Waals surface area (Å²) in [6.07, 6.45) is 1.44. The molecular formula is C24H20O2. The maximum atomic E-state index is 13.6. The SMILES string of the molecule is O=C1c2ccccc2[C@]2(O)[C@@H](c3ccccc3)CC[C@]12c1ccccc1. The fraction of sp³-hybridized carbons (Fsp3) is 0.208. The molecular weight excluding hydrogens is 320 g/mol. The van der Waals surface area contributed by atoms with Crippen molar-refractivity contribution in [3.05, 3.63) is 107 Å². The number of aliphatic hydroxyl groups is 1. The van der Waals surface area contributed by atoms with Gasteiger partial charge in [0.25, 0.3) is 0 Å². The van der Waals surface area contributed by atoms with Gasteiger partial charge in [-0.3, -0.25) is 4.79 Å². The van der Waals surface area contributed by atoms with Crippen molar-refractivity contribution in [2.75, 3.05) is 0 Å². The highest BCUT2D eigenvalue weighted by atomic mass is 16.3. The zero-order valence-electron chi connectivity index (χ0n) is 14.4. The highest BCUT2D eigenvalue weighted by molar-refractivity contribution is 6.10. The molecule has 0 heterocycles. The van der Waals surface area contributed by atoms with Crippen LogP contribution in [0.2, 0.25) is 0 Å². The molecule has 2 heteroatoms. The van der Waals surface area contributed by atoms with Gasteiger partial charge in [-0.05, 0) is 29.5 Å². The molecule has 0 spiro atoms. The average molecular weight is 340 g/mol. The second-order valence-electron chi connectivity index (χ2n) is 7.41. The summed E-state index contributed by atoms with van der Waals surface area (Å²) >= 11 is 0. The van der Waals surface area contributed by atoms with Crippen molar-refractivity contribution in [1.82, 2.24) is 0 Å². The molecule has 3 atom stereocenters. The fourth-order valence-electron chi connectivity index (χ4n) is 5.32. The summed E-state index contributed by atoms with van der Waals surface area (Å²) in [6.45, 7) is 0. The Bertz CT molecular complexity index is 979. The third kappa shape index (κ3) is 1.72. The lowest BCUT2D eigenvalue weighted by Gasteiger charge is -2.39. The molecule has 2 nitrogen and oxygen atoms in total. The van der Waals surface area contributed by atoms with E-state index < -0.39 is 11.0 Å². The second kappa shape index (κ2) is 5.39. The summed E-state index contributed by atoms with van der Waals surface area (Å²) in [6, 6.07) is 27.6. The summed E-state index contributed by atoms with van der Waals surface area (Å²) in [5.41, 5.74) is 1.33. The lowest BCUT2D eigenvalue weighted by Crippen LogP contribution is -2.47. The lowest BCUT2D eigenvalue weighted by molar-refractivity contribution is -0.0187. The van der Waals surface area contributed by atoms with Crippen molar-refractivity contribution < 1.29 is 9.90 Å². The summed E-state index contributed by atoms with van der Waals surface area (Å²) in [7, 11) is 0. The van der Waals surface area contributed by atoms with Crippen LogP contribution in [0.25, 0.3) is 0 Å². The largest absolute Gasteiger partial charge is 0.383 e. The Morgan fingerprint density at radius 3 is 2.15 bits per heavy atom. The molecule has 0 aliphatic heterocycles. The average Bonchev–Trinajstić information content (AvgIpc) is 3.12. The van der Waals surface area contributed by atoms with Gasteiger partial charge in [0.15, 0.2) is 5.78 Å². The standard InChI is InChI=1S/C24H20O2/c25-22-19-13-7-8-14-21(19)24(26)20(17-9-3-1-4-10-17)15-16-23(22,24)18-11-5-2-6-12-18/h1-14,20,26H,15-16H2/t20-,23+,24-/m1/s1. The number of rotatable bonds is 2. The third-order valence-electron chi connectivity index (χ3n) is 6.40. The molecule has 3 aromatic rings. The molecule has 0 amide bonds. The van der Waals surface area contributed by atoms with Crippen molar-refractivity contribution in [1.29, 1.82) is 0 Å². The number of fused-ring (bicyclic) bond motifs is 3. The van der Waals surface area contributed by atoms with E-state index in [1.165, 1.54) is 0 Å². The van der Waals surface area contributed by atoms with Gasteiger partial charge in [-0.1, -0.05) is 84.9 Å². The van der Waals surface area contributed by atoms with Gasteiger partial charge in [0.1, 0.15) is 5.60 Å². The first-order valence-electron chi connectivity index (χ1n) is 9.17. The summed E-state index contributed by atoms with van der Waals surface area (Å²) in [5.74, 6) is -0.0447. The predicted molar refractivity (Wildman–Crippen MR) is 101 cm³/mol. The molecule has 0 unspecified atom stereocenters. The molecule has 0 saturated heterocycles. The zero-order chi connectivity index (χ0) is 17.8.